The molecule has 0 radical (unpaired) electrons. The van der Waals surface area contributed by atoms with Crippen molar-refractivity contribution in [3.63, 3.8) is 0 Å². The van der Waals surface area contributed by atoms with Crippen LogP contribution in [0.25, 0.3) is 0 Å². The molecule has 1 unspecified atom stereocenters. The Kier molecular flexibility index (Phi) is 5.34. The summed E-state index contributed by atoms with van der Waals surface area (Å²) >= 11 is 6.11. The van der Waals surface area contributed by atoms with Gasteiger partial charge in [0, 0.05) is 19.1 Å². The van der Waals surface area contributed by atoms with Crippen LogP contribution >= 0.6 is 11.6 Å². The number of rotatable bonds is 5. The Hall–Kier alpha value is -0.530. The Morgan fingerprint density at radius 3 is 2.53 bits per heavy atom. The molecule has 0 N–H and O–H groups in total. The van der Waals surface area contributed by atoms with E-state index >= 15 is 0 Å². The van der Waals surface area contributed by atoms with Gasteiger partial charge in [0.1, 0.15) is 0 Å². The predicted molar refractivity (Wildman–Crippen MR) is 72.5 cm³/mol. The van der Waals surface area contributed by atoms with Crippen LogP contribution < -0.4 is 0 Å². The van der Waals surface area contributed by atoms with Crippen molar-refractivity contribution in [1.82, 2.24) is 0 Å². The maximum atomic E-state index is 6.11. The van der Waals surface area contributed by atoms with Crippen LogP contribution in [0.15, 0.2) is 30.3 Å². The Morgan fingerprint density at radius 2 is 1.88 bits per heavy atom. The van der Waals surface area contributed by atoms with Crippen molar-refractivity contribution < 1.29 is 4.74 Å². The zero-order valence-corrected chi connectivity index (χ0v) is 11.0. The van der Waals surface area contributed by atoms with Crippen LogP contribution in [0.2, 0.25) is 0 Å². The molecule has 2 heteroatoms. The zero-order valence-electron chi connectivity index (χ0n) is 10.3. The van der Waals surface area contributed by atoms with Gasteiger partial charge in [0.15, 0.2) is 0 Å². The highest BCUT2D eigenvalue weighted by atomic mass is 35.5. The summed E-state index contributed by atoms with van der Waals surface area (Å²) in [6, 6.07) is 10.7. The molecule has 0 aromatic heterocycles. The number of hydrogen-bond donors (Lipinski definition) is 0. The Bertz CT molecular complexity index is 306. The zero-order chi connectivity index (χ0) is 11.9. The normalized spacial score (nSPS) is 19.1. The lowest BCUT2D eigenvalue weighted by Crippen LogP contribution is -2.20. The first-order chi connectivity index (χ1) is 8.38. The first-order valence-corrected chi connectivity index (χ1v) is 7.09. The first-order valence-electron chi connectivity index (χ1n) is 6.56. The Labute approximate surface area is 109 Å². The first kappa shape index (κ1) is 12.9. The van der Waals surface area contributed by atoms with E-state index in [0.29, 0.717) is 5.92 Å². The van der Waals surface area contributed by atoms with E-state index in [9.17, 15) is 0 Å². The molecule has 1 aromatic rings. The lowest BCUT2D eigenvalue weighted by atomic mass is 9.86. The minimum atomic E-state index is 0.613. The van der Waals surface area contributed by atoms with Crippen LogP contribution in [0.5, 0.6) is 0 Å². The van der Waals surface area contributed by atoms with Crippen LogP contribution in [0.4, 0.5) is 0 Å². The van der Waals surface area contributed by atoms with Gasteiger partial charge in [0.2, 0.25) is 0 Å². The summed E-state index contributed by atoms with van der Waals surface area (Å²) in [4.78, 5) is 0. The van der Waals surface area contributed by atoms with Crippen molar-refractivity contribution in [1.29, 1.82) is 0 Å². The highest BCUT2D eigenvalue weighted by Crippen LogP contribution is 2.25. The second kappa shape index (κ2) is 7.03. The predicted octanol–water partition coefficient (Wildman–Crippen LogP) is 3.90. The van der Waals surface area contributed by atoms with E-state index in [-0.39, 0.29) is 0 Å². The van der Waals surface area contributed by atoms with Crippen LogP contribution in [0, 0.1) is 11.8 Å². The molecule has 1 heterocycles. The molecule has 0 aliphatic carbocycles. The molecule has 0 bridgehead atoms. The SMILES string of the molecule is ClCC(Cc1ccccc1)CC1CCOCC1. The Balaban J connectivity index is 1.83. The summed E-state index contributed by atoms with van der Waals surface area (Å²) in [5.41, 5.74) is 1.41. The van der Waals surface area contributed by atoms with E-state index in [1.807, 2.05) is 0 Å². The van der Waals surface area contributed by atoms with Gasteiger partial charge < -0.3 is 4.74 Å². The van der Waals surface area contributed by atoms with Gasteiger partial charge in [0.25, 0.3) is 0 Å². The standard InChI is InChI=1S/C15H21ClO/c16-12-15(10-13-4-2-1-3-5-13)11-14-6-8-17-9-7-14/h1-5,14-15H,6-12H2. The summed E-state index contributed by atoms with van der Waals surface area (Å²) in [5, 5.41) is 0. The lowest BCUT2D eigenvalue weighted by Gasteiger charge is -2.25. The lowest BCUT2D eigenvalue weighted by molar-refractivity contribution is 0.0595. The highest BCUT2D eigenvalue weighted by Gasteiger charge is 2.19. The van der Waals surface area contributed by atoms with Crippen LogP contribution in [-0.4, -0.2) is 19.1 Å². The molecule has 1 nitrogen and oxygen atoms in total. The maximum Gasteiger partial charge on any atom is 0.0468 e. The van der Waals surface area contributed by atoms with Crippen molar-refractivity contribution in [2.75, 3.05) is 19.1 Å². The molecule has 2 rings (SSSR count). The Morgan fingerprint density at radius 1 is 1.18 bits per heavy atom. The second-order valence-corrected chi connectivity index (χ2v) is 5.31. The summed E-state index contributed by atoms with van der Waals surface area (Å²) in [6.45, 7) is 1.87. The fourth-order valence-electron chi connectivity index (χ4n) is 2.60. The third-order valence-electron chi connectivity index (χ3n) is 3.59. The molecule has 0 saturated carbocycles. The molecule has 1 fully saturated rings. The second-order valence-electron chi connectivity index (χ2n) is 5.00. The van der Waals surface area contributed by atoms with Crippen molar-refractivity contribution in [3.8, 4) is 0 Å². The van der Waals surface area contributed by atoms with E-state index in [2.05, 4.69) is 30.3 Å². The number of alkyl halides is 1. The fraction of sp³-hybridized carbons (Fsp3) is 0.600. The van der Waals surface area contributed by atoms with Crippen LogP contribution in [-0.2, 0) is 11.2 Å². The fourth-order valence-corrected chi connectivity index (χ4v) is 2.84. The third-order valence-corrected chi connectivity index (χ3v) is 4.03. The van der Waals surface area contributed by atoms with E-state index in [0.717, 1.165) is 31.4 Å². The quantitative estimate of drug-likeness (QED) is 0.723. The van der Waals surface area contributed by atoms with Gasteiger partial charge in [-0.2, -0.15) is 0 Å². The summed E-state index contributed by atoms with van der Waals surface area (Å²) < 4.78 is 5.40. The van der Waals surface area contributed by atoms with Crippen LogP contribution in [0.3, 0.4) is 0 Å². The molecule has 1 aromatic carbocycles. The molecule has 0 spiro atoms. The van der Waals surface area contributed by atoms with Crippen molar-refractivity contribution in [3.05, 3.63) is 35.9 Å². The topological polar surface area (TPSA) is 9.23 Å². The van der Waals surface area contributed by atoms with Gasteiger partial charge in [-0.25, -0.2) is 0 Å². The van der Waals surface area contributed by atoms with Crippen molar-refractivity contribution in [2.45, 2.75) is 25.7 Å². The molecule has 17 heavy (non-hydrogen) atoms. The number of halogens is 1. The molecular formula is C15H21ClO. The molecule has 1 aliphatic heterocycles. The average molecular weight is 253 g/mol. The van der Waals surface area contributed by atoms with Gasteiger partial charge >= 0.3 is 0 Å². The van der Waals surface area contributed by atoms with Crippen molar-refractivity contribution >= 4 is 11.6 Å². The smallest absolute Gasteiger partial charge is 0.0468 e. The average Bonchev–Trinajstić information content (AvgIpc) is 2.40. The van der Waals surface area contributed by atoms with Crippen LogP contribution in [0.1, 0.15) is 24.8 Å². The van der Waals surface area contributed by atoms with E-state index in [1.54, 1.807) is 0 Å². The molecule has 1 atom stereocenters. The highest BCUT2D eigenvalue weighted by molar-refractivity contribution is 6.18. The molecular weight excluding hydrogens is 232 g/mol. The number of benzene rings is 1. The summed E-state index contributed by atoms with van der Waals surface area (Å²) in [5.74, 6) is 2.20. The number of hydrogen-bond acceptors (Lipinski definition) is 1. The van der Waals surface area contributed by atoms with Gasteiger partial charge in [-0.3, -0.25) is 0 Å². The van der Waals surface area contributed by atoms with Gasteiger partial charge in [-0.1, -0.05) is 30.3 Å². The summed E-state index contributed by atoms with van der Waals surface area (Å²) in [6.07, 6.45) is 4.79. The largest absolute Gasteiger partial charge is 0.381 e. The third kappa shape index (κ3) is 4.33. The monoisotopic (exact) mass is 252 g/mol. The summed E-state index contributed by atoms with van der Waals surface area (Å²) in [7, 11) is 0. The van der Waals surface area contributed by atoms with Gasteiger partial charge in [0.05, 0.1) is 0 Å². The van der Waals surface area contributed by atoms with E-state index < -0.39 is 0 Å². The maximum absolute atomic E-state index is 6.11. The minimum Gasteiger partial charge on any atom is -0.381 e. The van der Waals surface area contributed by atoms with Gasteiger partial charge in [-0.05, 0) is 43.1 Å². The van der Waals surface area contributed by atoms with Crippen molar-refractivity contribution in [2.24, 2.45) is 11.8 Å². The molecule has 94 valence electrons. The van der Waals surface area contributed by atoms with Gasteiger partial charge in [-0.15, -0.1) is 11.6 Å². The molecule has 1 aliphatic rings. The molecule has 1 saturated heterocycles. The molecule has 0 amide bonds. The van der Waals surface area contributed by atoms with E-state index in [4.69, 9.17) is 16.3 Å². The minimum absolute atomic E-state index is 0.613. The van der Waals surface area contributed by atoms with E-state index in [1.165, 1.54) is 24.8 Å². The number of ether oxygens (including phenoxy) is 1.